The van der Waals surface area contributed by atoms with Gasteiger partial charge in [-0.15, -0.1) is 10.2 Å². The predicted octanol–water partition coefficient (Wildman–Crippen LogP) is 7.41. The molecule has 2 heterocycles. The van der Waals surface area contributed by atoms with Gasteiger partial charge < -0.3 is 14.7 Å². The molecular formula is C36H32N4O4S2. The molecule has 1 fully saturated rings. The lowest BCUT2D eigenvalue weighted by Gasteiger charge is -2.23. The molecule has 232 valence electrons. The summed E-state index contributed by atoms with van der Waals surface area (Å²) in [7, 11) is 3.87. The third-order valence-electron chi connectivity index (χ3n) is 7.59. The number of Topliss-reactive ketones (excluding diaryl/α,β-unsaturated/α-hetero) is 1. The van der Waals surface area contributed by atoms with Gasteiger partial charge in [-0.25, -0.2) is 0 Å². The molecule has 1 aliphatic heterocycles. The number of ketones is 1. The smallest absolute Gasteiger partial charge is 0.301 e. The van der Waals surface area contributed by atoms with Gasteiger partial charge in [0.2, 0.25) is 5.13 Å². The molecule has 0 aliphatic carbocycles. The van der Waals surface area contributed by atoms with Crippen LogP contribution in [0.1, 0.15) is 33.9 Å². The first-order valence-electron chi connectivity index (χ1n) is 14.7. The minimum absolute atomic E-state index is 0.00952. The zero-order valence-electron chi connectivity index (χ0n) is 25.6. The minimum atomic E-state index is -0.895. The number of aliphatic hydroxyl groups excluding tert-OH is 1. The topological polar surface area (TPSA) is 95.9 Å². The van der Waals surface area contributed by atoms with Crippen LogP contribution in [0.25, 0.3) is 5.76 Å². The van der Waals surface area contributed by atoms with Gasteiger partial charge in [0, 0.05) is 31.1 Å². The van der Waals surface area contributed by atoms with E-state index in [1.807, 2.05) is 98.7 Å². The molecule has 4 aromatic carbocycles. The summed E-state index contributed by atoms with van der Waals surface area (Å²) >= 11 is 2.75. The summed E-state index contributed by atoms with van der Waals surface area (Å²) in [6, 6.07) is 31.6. The van der Waals surface area contributed by atoms with Crippen molar-refractivity contribution in [3.8, 4) is 5.75 Å². The van der Waals surface area contributed by atoms with Crippen LogP contribution in [0.5, 0.6) is 5.75 Å². The molecule has 0 radical (unpaired) electrons. The van der Waals surface area contributed by atoms with E-state index in [1.165, 1.54) is 28.0 Å². The van der Waals surface area contributed by atoms with Crippen LogP contribution in [0.15, 0.2) is 113 Å². The summed E-state index contributed by atoms with van der Waals surface area (Å²) in [5, 5.41) is 20.5. The largest absolute Gasteiger partial charge is 0.507 e. The third-order valence-corrected chi connectivity index (χ3v) is 9.72. The zero-order valence-corrected chi connectivity index (χ0v) is 27.2. The second-order valence-electron chi connectivity index (χ2n) is 11.1. The number of hydrogen-bond donors (Lipinski definition) is 1. The molecule has 1 aliphatic rings. The van der Waals surface area contributed by atoms with E-state index in [9.17, 15) is 14.7 Å². The summed E-state index contributed by atoms with van der Waals surface area (Å²) in [4.78, 5) is 30.6. The number of carbonyl (C=O) groups is 2. The van der Waals surface area contributed by atoms with E-state index in [2.05, 4.69) is 16.3 Å². The van der Waals surface area contributed by atoms with Crippen molar-refractivity contribution in [1.29, 1.82) is 0 Å². The average Bonchev–Trinajstić information content (AvgIpc) is 3.65. The van der Waals surface area contributed by atoms with Crippen LogP contribution in [0.2, 0.25) is 0 Å². The number of hydrogen-bond acceptors (Lipinski definition) is 9. The monoisotopic (exact) mass is 648 g/mol. The van der Waals surface area contributed by atoms with E-state index in [0.717, 1.165) is 22.4 Å². The summed E-state index contributed by atoms with van der Waals surface area (Å²) in [5.74, 6) is -0.515. The lowest BCUT2D eigenvalue weighted by molar-refractivity contribution is -0.132. The summed E-state index contributed by atoms with van der Waals surface area (Å²) in [6.07, 6.45) is 0. The first-order chi connectivity index (χ1) is 22.3. The van der Waals surface area contributed by atoms with Gasteiger partial charge in [-0.2, -0.15) is 0 Å². The number of thioether (sulfide) groups is 1. The average molecular weight is 649 g/mol. The molecule has 0 spiro atoms. The standard InChI is InChI=1S/C36H32N4O4S2/c1-23-8-7-11-25(20-23)21-44-29-18-14-27(15-19-29)32(41)30-31(26-12-16-28(17-13-26)39(2)3)40(34(43)33(30)42)35-37-38-36(46-35)45-22-24-9-5-4-6-10-24/h4-20,31,41H,21-22H2,1-3H3/b32-30+. The molecule has 1 amide bonds. The van der Waals surface area contributed by atoms with E-state index in [0.29, 0.717) is 38.7 Å². The quantitative estimate of drug-likeness (QED) is 0.0550. The molecule has 1 N–H and O–H groups in total. The van der Waals surface area contributed by atoms with Gasteiger partial charge in [-0.05, 0) is 60.0 Å². The van der Waals surface area contributed by atoms with Crippen LogP contribution in [0.3, 0.4) is 0 Å². The number of nitrogens with zero attached hydrogens (tertiary/aromatic N) is 4. The highest BCUT2D eigenvalue weighted by atomic mass is 32.2. The second-order valence-corrected chi connectivity index (χ2v) is 13.3. The fourth-order valence-corrected chi connectivity index (χ4v) is 7.03. The van der Waals surface area contributed by atoms with Gasteiger partial charge in [-0.3, -0.25) is 14.5 Å². The molecule has 5 aromatic rings. The van der Waals surface area contributed by atoms with E-state index in [1.54, 1.807) is 24.3 Å². The SMILES string of the molecule is Cc1cccc(COc2ccc(/C(O)=C3\C(=O)C(=O)N(c4nnc(SCc5ccccc5)s4)C3c3ccc(N(C)C)cc3)cc2)c1. The van der Waals surface area contributed by atoms with Crippen LogP contribution in [-0.2, 0) is 21.9 Å². The molecule has 1 atom stereocenters. The number of aromatic nitrogens is 2. The fourth-order valence-electron chi connectivity index (χ4n) is 5.21. The van der Waals surface area contributed by atoms with Crippen LogP contribution >= 0.6 is 23.1 Å². The molecular weight excluding hydrogens is 617 g/mol. The van der Waals surface area contributed by atoms with Gasteiger partial charge in [0.05, 0.1) is 11.6 Å². The molecule has 6 rings (SSSR count). The lowest BCUT2D eigenvalue weighted by atomic mass is 9.95. The number of benzene rings is 4. The van der Waals surface area contributed by atoms with Crippen molar-refractivity contribution in [2.45, 2.75) is 29.7 Å². The Morgan fingerprint density at radius 1 is 0.913 bits per heavy atom. The summed E-state index contributed by atoms with van der Waals surface area (Å²) < 4.78 is 6.61. The van der Waals surface area contributed by atoms with Crippen LogP contribution in [-0.4, -0.2) is 41.1 Å². The Kier molecular flexibility index (Phi) is 9.18. The molecule has 46 heavy (non-hydrogen) atoms. The Balaban J connectivity index is 1.31. The van der Waals surface area contributed by atoms with Gasteiger partial charge in [0.1, 0.15) is 18.1 Å². The van der Waals surface area contributed by atoms with E-state index in [4.69, 9.17) is 4.74 Å². The van der Waals surface area contributed by atoms with Crippen molar-refractivity contribution in [2.75, 3.05) is 23.9 Å². The number of rotatable bonds is 10. The zero-order chi connectivity index (χ0) is 32.2. The third kappa shape index (κ3) is 6.68. The van der Waals surface area contributed by atoms with Gasteiger partial charge in [0.15, 0.2) is 4.34 Å². The van der Waals surface area contributed by atoms with E-state index < -0.39 is 17.7 Å². The number of amides is 1. The molecule has 1 aromatic heterocycles. The number of aryl methyl sites for hydroxylation is 1. The highest BCUT2D eigenvalue weighted by molar-refractivity contribution is 8.00. The van der Waals surface area contributed by atoms with Crippen LogP contribution in [0, 0.1) is 6.92 Å². The summed E-state index contributed by atoms with van der Waals surface area (Å²) in [6.45, 7) is 2.43. The van der Waals surface area contributed by atoms with Crippen LogP contribution in [0.4, 0.5) is 10.8 Å². The van der Waals surface area contributed by atoms with E-state index in [-0.39, 0.29) is 11.3 Å². The Morgan fingerprint density at radius 2 is 1.63 bits per heavy atom. The van der Waals surface area contributed by atoms with Crippen molar-refractivity contribution in [3.63, 3.8) is 0 Å². The van der Waals surface area contributed by atoms with E-state index >= 15 is 0 Å². The molecule has 0 bridgehead atoms. The number of carbonyl (C=O) groups excluding carboxylic acids is 2. The second kappa shape index (κ2) is 13.6. The number of ether oxygens (including phenoxy) is 1. The maximum absolute atomic E-state index is 13.6. The minimum Gasteiger partial charge on any atom is -0.507 e. The van der Waals surface area contributed by atoms with Crippen molar-refractivity contribution < 1.29 is 19.4 Å². The number of aliphatic hydroxyl groups is 1. The van der Waals surface area contributed by atoms with Crippen LogP contribution < -0.4 is 14.5 Å². The first kappa shape index (κ1) is 31.1. The summed E-state index contributed by atoms with van der Waals surface area (Å²) in [5.41, 5.74) is 5.34. The Labute approximate surface area is 276 Å². The van der Waals surface area contributed by atoms with Crippen molar-refractivity contribution in [1.82, 2.24) is 10.2 Å². The number of anilines is 2. The fraction of sp³-hybridized carbons (Fsp3) is 0.167. The van der Waals surface area contributed by atoms with Gasteiger partial charge in [-0.1, -0.05) is 95.4 Å². The molecule has 1 saturated heterocycles. The Morgan fingerprint density at radius 3 is 2.33 bits per heavy atom. The lowest BCUT2D eigenvalue weighted by Crippen LogP contribution is -2.29. The molecule has 1 unspecified atom stereocenters. The molecule has 0 saturated carbocycles. The molecule has 10 heteroatoms. The van der Waals surface area contributed by atoms with Crippen molar-refractivity contribution in [2.24, 2.45) is 0 Å². The first-order valence-corrected chi connectivity index (χ1v) is 16.5. The predicted molar refractivity (Wildman–Crippen MR) is 183 cm³/mol. The van der Waals surface area contributed by atoms with Crippen molar-refractivity contribution in [3.05, 3.63) is 137 Å². The van der Waals surface area contributed by atoms with Crippen molar-refractivity contribution >= 4 is 51.4 Å². The maximum Gasteiger partial charge on any atom is 0.301 e. The Bertz CT molecular complexity index is 1890. The highest BCUT2D eigenvalue weighted by Crippen LogP contribution is 2.44. The highest BCUT2D eigenvalue weighted by Gasteiger charge is 2.48. The maximum atomic E-state index is 13.6. The molecule has 8 nitrogen and oxygen atoms in total. The normalized spacial score (nSPS) is 15.7. The van der Waals surface area contributed by atoms with Gasteiger partial charge >= 0.3 is 5.91 Å². The van der Waals surface area contributed by atoms with Gasteiger partial charge in [0.25, 0.3) is 5.78 Å². The Hall–Kier alpha value is -4.93.